The molecule has 0 rings (SSSR count). The van der Waals surface area contributed by atoms with Crippen molar-refractivity contribution in [3.63, 3.8) is 0 Å². The lowest BCUT2D eigenvalue weighted by Crippen LogP contribution is -2.00. The van der Waals surface area contributed by atoms with E-state index in [1.807, 2.05) is 20.8 Å². The lowest BCUT2D eigenvalue weighted by Gasteiger charge is -1.99. The van der Waals surface area contributed by atoms with E-state index in [4.69, 9.17) is 10.4 Å². The Morgan fingerprint density at radius 2 is 1.47 bits per heavy atom. The zero-order valence-corrected chi connectivity index (χ0v) is 10.7. The highest BCUT2D eigenvalue weighted by atomic mass is 16.4. The third kappa shape index (κ3) is 12.9. The summed E-state index contributed by atoms with van der Waals surface area (Å²) in [4.78, 5) is 0. The Kier molecular flexibility index (Phi) is 10.4. The van der Waals surface area contributed by atoms with Crippen LogP contribution in [0.2, 0.25) is 0 Å². The van der Waals surface area contributed by atoms with Crippen molar-refractivity contribution in [2.24, 2.45) is 22.1 Å². The quantitative estimate of drug-likeness (QED) is 0.431. The lowest BCUT2D eigenvalue weighted by molar-refractivity contribution is 0.315. The topological polar surface area (TPSA) is 65.2 Å². The molecule has 15 heavy (non-hydrogen) atoms. The fourth-order valence-electron chi connectivity index (χ4n) is 0.747. The van der Waals surface area contributed by atoms with Crippen LogP contribution in [0.5, 0.6) is 0 Å². The van der Waals surface area contributed by atoms with E-state index >= 15 is 0 Å². The molecule has 0 aromatic heterocycles. The van der Waals surface area contributed by atoms with E-state index in [1.165, 1.54) is 0 Å². The fourth-order valence-corrected chi connectivity index (χ4v) is 0.747. The first-order valence-electron chi connectivity index (χ1n) is 5.21. The zero-order chi connectivity index (χ0) is 12.4. The SMILES string of the molecule is CC(=NO)C(C)C.CC(CC(C)C)=NO. The predicted molar refractivity (Wildman–Crippen MR) is 64.1 cm³/mol. The van der Waals surface area contributed by atoms with Crippen LogP contribution in [0.1, 0.15) is 48.0 Å². The van der Waals surface area contributed by atoms with Gasteiger partial charge in [-0.15, -0.1) is 0 Å². The minimum Gasteiger partial charge on any atom is -0.411 e. The van der Waals surface area contributed by atoms with Gasteiger partial charge in [-0.25, -0.2) is 0 Å². The molecule has 0 heterocycles. The third-order valence-electron chi connectivity index (χ3n) is 1.87. The molecule has 0 fully saturated rings. The number of rotatable bonds is 3. The molecule has 0 bridgehead atoms. The summed E-state index contributed by atoms with van der Waals surface area (Å²) in [5.74, 6) is 0.955. The van der Waals surface area contributed by atoms with Crippen molar-refractivity contribution >= 4 is 11.4 Å². The van der Waals surface area contributed by atoms with Gasteiger partial charge in [-0.05, 0) is 32.1 Å². The maximum Gasteiger partial charge on any atom is 0.0565 e. The Morgan fingerprint density at radius 3 is 1.53 bits per heavy atom. The van der Waals surface area contributed by atoms with Crippen molar-refractivity contribution in [3.8, 4) is 0 Å². The second-order valence-electron chi connectivity index (χ2n) is 4.33. The molecule has 0 radical (unpaired) electrons. The van der Waals surface area contributed by atoms with E-state index in [1.54, 1.807) is 6.92 Å². The molecule has 0 aliphatic carbocycles. The van der Waals surface area contributed by atoms with E-state index in [9.17, 15) is 0 Å². The third-order valence-corrected chi connectivity index (χ3v) is 1.87. The summed E-state index contributed by atoms with van der Waals surface area (Å²) in [6, 6.07) is 0. The van der Waals surface area contributed by atoms with Gasteiger partial charge in [-0.3, -0.25) is 0 Å². The van der Waals surface area contributed by atoms with Gasteiger partial charge in [0.25, 0.3) is 0 Å². The van der Waals surface area contributed by atoms with Crippen molar-refractivity contribution in [3.05, 3.63) is 0 Å². The molecule has 0 saturated heterocycles. The molecule has 0 spiro atoms. The molecular formula is C11H24N2O2. The van der Waals surface area contributed by atoms with Crippen LogP contribution < -0.4 is 0 Å². The summed E-state index contributed by atoms with van der Waals surface area (Å²) < 4.78 is 0. The van der Waals surface area contributed by atoms with Crippen LogP contribution >= 0.6 is 0 Å². The maximum atomic E-state index is 8.17. The molecule has 4 nitrogen and oxygen atoms in total. The van der Waals surface area contributed by atoms with Gasteiger partial charge in [0.05, 0.1) is 11.4 Å². The molecule has 90 valence electrons. The van der Waals surface area contributed by atoms with Gasteiger partial charge < -0.3 is 10.4 Å². The first-order chi connectivity index (χ1) is 6.84. The first kappa shape index (κ1) is 16.4. The Balaban J connectivity index is 0. The fraction of sp³-hybridized carbons (Fsp3) is 0.818. The minimum absolute atomic E-state index is 0.366. The van der Waals surface area contributed by atoms with Crippen molar-refractivity contribution in [1.82, 2.24) is 0 Å². The van der Waals surface area contributed by atoms with Crippen molar-refractivity contribution in [1.29, 1.82) is 0 Å². The molecule has 0 amide bonds. The van der Waals surface area contributed by atoms with Crippen LogP contribution in [-0.4, -0.2) is 21.8 Å². The van der Waals surface area contributed by atoms with Crippen LogP contribution in [0.15, 0.2) is 10.3 Å². The number of oxime groups is 2. The first-order valence-corrected chi connectivity index (χ1v) is 5.21. The van der Waals surface area contributed by atoms with Gasteiger partial charge >= 0.3 is 0 Å². The number of hydrogen-bond acceptors (Lipinski definition) is 4. The van der Waals surface area contributed by atoms with Gasteiger partial charge in [0, 0.05) is 0 Å². The highest BCUT2D eigenvalue weighted by Crippen LogP contribution is 1.99. The molecule has 0 aromatic rings. The summed E-state index contributed by atoms with van der Waals surface area (Å²) >= 11 is 0. The number of hydrogen-bond donors (Lipinski definition) is 2. The second-order valence-corrected chi connectivity index (χ2v) is 4.33. The van der Waals surface area contributed by atoms with E-state index in [0.717, 1.165) is 17.8 Å². The molecule has 2 N–H and O–H groups in total. The van der Waals surface area contributed by atoms with Crippen LogP contribution in [0.4, 0.5) is 0 Å². The van der Waals surface area contributed by atoms with Gasteiger partial charge in [-0.2, -0.15) is 0 Å². The van der Waals surface area contributed by atoms with E-state index in [-0.39, 0.29) is 0 Å². The van der Waals surface area contributed by atoms with Crippen LogP contribution in [0, 0.1) is 11.8 Å². The van der Waals surface area contributed by atoms with Gasteiger partial charge in [0.2, 0.25) is 0 Å². The average Bonchev–Trinajstić information content (AvgIpc) is 2.16. The molecule has 0 aliphatic rings. The van der Waals surface area contributed by atoms with Crippen LogP contribution in [-0.2, 0) is 0 Å². The average molecular weight is 216 g/mol. The molecule has 0 unspecified atom stereocenters. The molecule has 4 heteroatoms. The standard InChI is InChI=1S/C6H13NO.C5H11NO/c1-5(2)4-6(3)7-8;1-4(2)5(3)6-7/h5,8H,4H2,1-3H3;4,7H,1-3H3. The zero-order valence-electron chi connectivity index (χ0n) is 10.7. The van der Waals surface area contributed by atoms with Crippen molar-refractivity contribution in [2.45, 2.75) is 48.0 Å². The minimum atomic E-state index is 0.366. The van der Waals surface area contributed by atoms with Gasteiger partial charge in [0.1, 0.15) is 0 Å². The normalized spacial score (nSPS) is 12.8. The van der Waals surface area contributed by atoms with Crippen LogP contribution in [0.25, 0.3) is 0 Å². The molecule has 0 saturated carbocycles. The summed E-state index contributed by atoms with van der Waals surface area (Å²) in [7, 11) is 0. The van der Waals surface area contributed by atoms with E-state index < -0.39 is 0 Å². The number of nitrogens with zero attached hydrogens (tertiary/aromatic N) is 2. The van der Waals surface area contributed by atoms with Gasteiger partial charge in [-0.1, -0.05) is 38.0 Å². The summed E-state index contributed by atoms with van der Waals surface area (Å²) in [5.41, 5.74) is 1.58. The highest BCUT2D eigenvalue weighted by molar-refractivity contribution is 5.83. The summed E-state index contributed by atoms with van der Waals surface area (Å²) in [6.07, 6.45) is 0.885. The Bertz CT molecular complexity index is 209. The molecule has 0 atom stereocenters. The van der Waals surface area contributed by atoms with E-state index in [0.29, 0.717) is 11.8 Å². The molecule has 0 aliphatic heterocycles. The van der Waals surface area contributed by atoms with Gasteiger partial charge in [0.15, 0.2) is 0 Å². The predicted octanol–water partition coefficient (Wildman–Crippen LogP) is 3.38. The molecular weight excluding hydrogens is 192 g/mol. The van der Waals surface area contributed by atoms with Crippen molar-refractivity contribution in [2.75, 3.05) is 0 Å². The second kappa shape index (κ2) is 9.49. The largest absolute Gasteiger partial charge is 0.411 e. The maximum absolute atomic E-state index is 8.17. The Morgan fingerprint density at radius 1 is 1.00 bits per heavy atom. The Labute approximate surface area is 92.7 Å². The smallest absolute Gasteiger partial charge is 0.0565 e. The van der Waals surface area contributed by atoms with Crippen LogP contribution in [0.3, 0.4) is 0 Å². The van der Waals surface area contributed by atoms with E-state index in [2.05, 4.69) is 24.2 Å². The molecule has 0 aromatic carbocycles. The monoisotopic (exact) mass is 216 g/mol. The Hall–Kier alpha value is -1.06. The van der Waals surface area contributed by atoms with Crippen molar-refractivity contribution < 1.29 is 10.4 Å². The lowest BCUT2D eigenvalue weighted by atomic mass is 10.1. The summed E-state index contributed by atoms with van der Waals surface area (Å²) in [5, 5.41) is 22.3. The summed E-state index contributed by atoms with van der Waals surface area (Å²) in [6.45, 7) is 11.8. The highest BCUT2D eigenvalue weighted by Gasteiger charge is 1.95.